The number of hydrogen-bond acceptors (Lipinski definition) is 7. The average Bonchev–Trinajstić information content (AvgIpc) is 2.90. The topological polar surface area (TPSA) is 80.3 Å². The molecule has 2 saturated heterocycles. The van der Waals surface area contributed by atoms with Crippen LogP contribution in [0.3, 0.4) is 0 Å². The summed E-state index contributed by atoms with van der Waals surface area (Å²) < 4.78 is 27.0. The first-order valence-electron chi connectivity index (χ1n) is 9.75. The lowest BCUT2D eigenvalue weighted by molar-refractivity contribution is -0.155. The zero-order chi connectivity index (χ0) is 21.2. The van der Waals surface area contributed by atoms with Crippen LogP contribution >= 0.6 is 0 Å². The monoisotopic (exact) mass is 402 g/mol. The molecule has 0 aliphatic carbocycles. The summed E-state index contributed by atoms with van der Waals surface area (Å²) in [6, 6.07) is 7.54. The van der Waals surface area contributed by atoms with E-state index < -0.39 is 24.5 Å². The Labute approximate surface area is 171 Å². The van der Waals surface area contributed by atoms with Crippen molar-refractivity contribution in [2.45, 2.75) is 58.8 Å². The van der Waals surface area contributed by atoms with Gasteiger partial charge in [0.15, 0.2) is 0 Å². The Morgan fingerprint density at radius 3 is 2.28 bits per heavy atom. The van der Waals surface area contributed by atoms with E-state index in [0.717, 1.165) is 11.0 Å². The van der Waals surface area contributed by atoms with Gasteiger partial charge in [-0.05, 0) is 51.7 Å². The molecule has 7 nitrogen and oxygen atoms in total. The lowest BCUT2D eigenvalue weighted by Gasteiger charge is -2.32. The van der Waals surface area contributed by atoms with E-state index in [9.17, 15) is 9.59 Å². The van der Waals surface area contributed by atoms with Crippen molar-refractivity contribution in [3.63, 3.8) is 0 Å². The molecule has 1 unspecified atom stereocenters. The van der Waals surface area contributed by atoms with Crippen molar-refractivity contribution in [2.75, 3.05) is 6.61 Å². The minimum Gasteiger partial charge on any atom is -0.434 e. The molecule has 0 saturated carbocycles. The molecule has 156 valence electrons. The molecule has 2 aliphatic rings. The minimum atomic E-state index is -0.739. The second-order valence-electron chi connectivity index (χ2n) is 8.25. The first kappa shape index (κ1) is 21.4. The van der Waals surface area contributed by atoms with Crippen molar-refractivity contribution in [1.82, 2.24) is 0 Å². The largest absolute Gasteiger partial charge is 0.508 e. The molecule has 1 aromatic rings. The van der Waals surface area contributed by atoms with E-state index in [1.54, 1.807) is 13.0 Å². The summed E-state index contributed by atoms with van der Waals surface area (Å²) in [5.74, 6) is 0.178. The van der Waals surface area contributed by atoms with E-state index in [4.69, 9.17) is 23.5 Å². The number of carbonyl (C=O) groups is 2. The van der Waals surface area contributed by atoms with Gasteiger partial charge in [-0.25, -0.2) is 4.79 Å². The third-order valence-corrected chi connectivity index (χ3v) is 5.54. The lowest BCUT2D eigenvalue weighted by Crippen LogP contribution is -2.41. The van der Waals surface area contributed by atoms with Crippen LogP contribution < -0.4 is 5.46 Å². The minimum absolute atomic E-state index is 0.109. The maximum Gasteiger partial charge on any atom is 0.508 e. The highest BCUT2D eigenvalue weighted by Gasteiger charge is 2.51. The summed E-state index contributed by atoms with van der Waals surface area (Å²) in [5.41, 5.74) is 0.961. The van der Waals surface area contributed by atoms with Gasteiger partial charge in [0.2, 0.25) is 0 Å². The Hall–Kier alpha value is -2.32. The normalized spacial score (nSPS) is 23.5. The van der Waals surface area contributed by atoms with Crippen LogP contribution in [0.1, 0.15) is 46.6 Å². The van der Waals surface area contributed by atoms with Crippen LogP contribution in [-0.4, -0.2) is 37.1 Å². The Morgan fingerprint density at radius 1 is 1.10 bits per heavy atom. The van der Waals surface area contributed by atoms with Gasteiger partial charge in [-0.2, -0.15) is 0 Å². The number of rotatable bonds is 6. The van der Waals surface area contributed by atoms with E-state index in [2.05, 4.69) is 0 Å². The van der Waals surface area contributed by atoms with Crippen molar-refractivity contribution >= 4 is 24.7 Å². The van der Waals surface area contributed by atoms with Gasteiger partial charge in [-0.1, -0.05) is 24.3 Å². The van der Waals surface area contributed by atoms with E-state index >= 15 is 0 Å². The van der Waals surface area contributed by atoms with E-state index in [1.165, 1.54) is 0 Å². The Bertz CT molecular complexity index is 782. The summed E-state index contributed by atoms with van der Waals surface area (Å²) in [5, 5.41) is 0. The lowest BCUT2D eigenvalue weighted by atomic mass is 9.79. The molecule has 0 radical (unpaired) electrons. The van der Waals surface area contributed by atoms with Crippen LogP contribution in [0.4, 0.5) is 4.79 Å². The fourth-order valence-corrected chi connectivity index (χ4v) is 2.85. The summed E-state index contributed by atoms with van der Waals surface area (Å²) in [6.07, 6.45) is 1.47. The number of hydrogen-bond donors (Lipinski definition) is 0. The number of benzene rings is 1. The Kier molecular flexibility index (Phi) is 6.05. The highest BCUT2D eigenvalue weighted by Crippen LogP contribution is 2.36. The van der Waals surface area contributed by atoms with Gasteiger partial charge in [-0.15, -0.1) is 0 Å². The third kappa shape index (κ3) is 4.82. The second-order valence-corrected chi connectivity index (χ2v) is 8.25. The van der Waals surface area contributed by atoms with Crippen LogP contribution in [0.2, 0.25) is 0 Å². The third-order valence-electron chi connectivity index (χ3n) is 5.54. The molecule has 2 aliphatic heterocycles. The highest BCUT2D eigenvalue weighted by molar-refractivity contribution is 6.62. The van der Waals surface area contributed by atoms with Gasteiger partial charge in [0.1, 0.15) is 18.3 Å². The average molecular weight is 402 g/mol. The fraction of sp³-hybridized carbons (Fsp3) is 0.524. The summed E-state index contributed by atoms with van der Waals surface area (Å²) in [6.45, 7) is 10.1. The van der Waals surface area contributed by atoms with Crippen molar-refractivity contribution in [1.29, 1.82) is 0 Å². The van der Waals surface area contributed by atoms with Crippen LogP contribution in [0.15, 0.2) is 36.1 Å². The van der Waals surface area contributed by atoms with Crippen LogP contribution in [0.25, 0.3) is 0 Å². The quantitative estimate of drug-likeness (QED) is 0.411. The Balaban J connectivity index is 1.40. The number of esters is 1. The summed E-state index contributed by atoms with van der Waals surface area (Å²) in [7, 11) is -0.424. The van der Waals surface area contributed by atoms with Crippen molar-refractivity contribution in [3.05, 3.63) is 41.7 Å². The molecule has 8 heteroatoms. The summed E-state index contributed by atoms with van der Waals surface area (Å²) in [4.78, 5) is 22.7. The van der Waals surface area contributed by atoms with E-state index in [-0.39, 0.29) is 25.1 Å². The van der Waals surface area contributed by atoms with Crippen molar-refractivity contribution in [2.24, 2.45) is 5.92 Å². The molecule has 2 fully saturated rings. The van der Waals surface area contributed by atoms with E-state index in [0.29, 0.717) is 12.2 Å². The Morgan fingerprint density at radius 2 is 1.72 bits per heavy atom. The molecular formula is C21H27BO7. The van der Waals surface area contributed by atoms with Crippen LogP contribution in [-0.2, 0) is 34.9 Å². The predicted molar refractivity (Wildman–Crippen MR) is 106 cm³/mol. The van der Waals surface area contributed by atoms with Gasteiger partial charge in [0, 0.05) is 6.42 Å². The molecule has 0 N–H and O–H groups in total. The van der Waals surface area contributed by atoms with Gasteiger partial charge < -0.3 is 23.5 Å². The maximum atomic E-state index is 11.7. The molecule has 0 bridgehead atoms. The molecule has 0 spiro atoms. The predicted octanol–water partition coefficient (Wildman–Crippen LogP) is 3.11. The second kappa shape index (κ2) is 8.20. The molecule has 0 amide bonds. The SMILES string of the molecule is CC1C(=O)O/C1=C\CCOC(=O)OCc1ccc(B2OC(C)(C)C(C)(C)O2)cc1. The summed E-state index contributed by atoms with van der Waals surface area (Å²) >= 11 is 0. The maximum absolute atomic E-state index is 11.7. The smallest absolute Gasteiger partial charge is 0.434 e. The van der Waals surface area contributed by atoms with Gasteiger partial charge in [-0.3, -0.25) is 4.79 Å². The molecule has 1 atom stereocenters. The first-order valence-corrected chi connectivity index (χ1v) is 9.75. The molecule has 3 rings (SSSR count). The zero-order valence-electron chi connectivity index (χ0n) is 17.5. The van der Waals surface area contributed by atoms with E-state index in [1.807, 2.05) is 52.0 Å². The molecular weight excluding hydrogens is 375 g/mol. The van der Waals surface area contributed by atoms with Crippen LogP contribution in [0, 0.1) is 5.92 Å². The standard InChI is InChI=1S/C21H27BO7/c1-14-17(27-18(14)23)7-6-12-25-19(24)26-13-15-8-10-16(11-9-15)22-28-20(2,3)21(4,5)29-22/h7-11,14H,6,12-13H2,1-5H3/b17-7-. The molecule has 29 heavy (non-hydrogen) atoms. The number of carbonyl (C=O) groups excluding carboxylic acids is 2. The zero-order valence-corrected chi connectivity index (χ0v) is 17.5. The molecule has 0 aromatic heterocycles. The van der Waals surface area contributed by atoms with Crippen molar-refractivity contribution < 1.29 is 33.1 Å². The number of cyclic esters (lactones) is 1. The molecule has 2 heterocycles. The van der Waals surface area contributed by atoms with Gasteiger partial charge in [0.25, 0.3) is 0 Å². The van der Waals surface area contributed by atoms with Gasteiger partial charge >= 0.3 is 19.2 Å². The van der Waals surface area contributed by atoms with Gasteiger partial charge in [0.05, 0.1) is 17.8 Å². The molecule has 1 aromatic carbocycles. The van der Waals surface area contributed by atoms with Crippen LogP contribution in [0.5, 0.6) is 0 Å². The van der Waals surface area contributed by atoms with Crippen molar-refractivity contribution in [3.8, 4) is 0 Å². The first-order chi connectivity index (χ1) is 13.6. The number of ether oxygens (including phenoxy) is 3. The fourth-order valence-electron chi connectivity index (χ4n) is 2.85. The highest BCUT2D eigenvalue weighted by atomic mass is 16.7.